The van der Waals surface area contributed by atoms with Crippen LogP contribution in [0.15, 0.2) is 18.3 Å². The van der Waals surface area contributed by atoms with Gasteiger partial charge in [0.1, 0.15) is 5.69 Å². The second-order valence-electron chi connectivity index (χ2n) is 2.59. The van der Waals surface area contributed by atoms with Crippen molar-refractivity contribution in [1.29, 1.82) is 0 Å². The Morgan fingerprint density at radius 2 is 2.07 bits per heavy atom. The van der Waals surface area contributed by atoms with E-state index in [0.29, 0.717) is 5.56 Å². The molecule has 0 spiro atoms. The smallest absolute Gasteiger partial charge is 0.354 e. The van der Waals surface area contributed by atoms with Crippen LogP contribution in [0.2, 0.25) is 0 Å². The van der Waals surface area contributed by atoms with E-state index in [4.69, 9.17) is 14.6 Å². The molecule has 0 saturated heterocycles. The van der Waals surface area contributed by atoms with Gasteiger partial charge in [0.25, 0.3) is 0 Å². The minimum atomic E-state index is -1.05. The van der Waals surface area contributed by atoms with Crippen LogP contribution in [0.5, 0.6) is 0 Å². The van der Waals surface area contributed by atoms with E-state index in [0.717, 1.165) is 0 Å². The molecule has 76 valence electrons. The normalized spacial score (nSPS) is 10.5. The molecule has 0 aromatic carbocycles. The van der Waals surface area contributed by atoms with Crippen molar-refractivity contribution in [3.05, 3.63) is 29.6 Å². The lowest BCUT2D eigenvalue weighted by Crippen LogP contribution is -2.06. The Kier molecular flexibility index (Phi) is 3.55. The Labute approximate surface area is 81.3 Å². The lowest BCUT2D eigenvalue weighted by Gasteiger charge is -2.12. The number of carboxylic acid groups (broad SMARTS) is 1. The number of pyridine rings is 1. The third-order valence-corrected chi connectivity index (χ3v) is 1.71. The molecule has 14 heavy (non-hydrogen) atoms. The molecule has 0 aliphatic heterocycles. The third-order valence-electron chi connectivity index (χ3n) is 1.71. The highest BCUT2D eigenvalue weighted by atomic mass is 16.7. The molecule has 0 unspecified atom stereocenters. The maximum Gasteiger partial charge on any atom is 0.354 e. The van der Waals surface area contributed by atoms with Crippen molar-refractivity contribution in [2.24, 2.45) is 0 Å². The second-order valence-corrected chi connectivity index (χ2v) is 2.59. The highest BCUT2D eigenvalue weighted by molar-refractivity contribution is 5.85. The fourth-order valence-electron chi connectivity index (χ4n) is 1.04. The summed E-state index contributed by atoms with van der Waals surface area (Å²) in [6.45, 7) is 0. The van der Waals surface area contributed by atoms with E-state index >= 15 is 0 Å². The number of aromatic nitrogens is 1. The molecule has 1 heterocycles. The van der Waals surface area contributed by atoms with E-state index in [1.54, 1.807) is 6.07 Å². The molecule has 0 aliphatic rings. The summed E-state index contributed by atoms with van der Waals surface area (Å²) in [5, 5.41) is 8.60. The van der Waals surface area contributed by atoms with Crippen molar-refractivity contribution in [1.82, 2.24) is 4.98 Å². The van der Waals surface area contributed by atoms with Gasteiger partial charge >= 0.3 is 5.97 Å². The maximum absolute atomic E-state index is 10.5. The quantitative estimate of drug-likeness (QED) is 0.731. The Balaban J connectivity index is 2.87. The molecular weight excluding hydrogens is 186 g/mol. The number of carboxylic acids is 1. The molecule has 0 atom stereocenters. The van der Waals surface area contributed by atoms with E-state index in [-0.39, 0.29) is 5.69 Å². The molecule has 0 fully saturated rings. The van der Waals surface area contributed by atoms with Crippen LogP contribution in [0.4, 0.5) is 0 Å². The molecule has 1 aromatic rings. The van der Waals surface area contributed by atoms with Crippen molar-refractivity contribution in [2.75, 3.05) is 14.2 Å². The SMILES string of the molecule is COC(OC)c1ccc(C(=O)O)nc1. The Morgan fingerprint density at radius 1 is 1.43 bits per heavy atom. The number of rotatable bonds is 4. The fourth-order valence-corrected chi connectivity index (χ4v) is 1.04. The van der Waals surface area contributed by atoms with Gasteiger partial charge in [-0.2, -0.15) is 0 Å². The largest absolute Gasteiger partial charge is 0.477 e. The summed E-state index contributed by atoms with van der Waals surface area (Å²) >= 11 is 0. The van der Waals surface area contributed by atoms with Gasteiger partial charge in [-0.05, 0) is 12.1 Å². The number of carbonyl (C=O) groups is 1. The van der Waals surface area contributed by atoms with Gasteiger partial charge < -0.3 is 14.6 Å². The van der Waals surface area contributed by atoms with Crippen molar-refractivity contribution in [3.63, 3.8) is 0 Å². The van der Waals surface area contributed by atoms with Crippen LogP contribution in [0.25, 0.3) is 0 Å². The van der Waals surface area contributed by atoms with E-state index in [2.05, 4.69) is 4.98 Å². The first-order chi connectivity index (χ1) is 6.69. The molecule has 1 aromatic heterocycles. The summed E-state index contributed by atoms with van der Waals surface area (Å²) in [5.41, 5.74) is 0.680. The Bertz CT molecular complexity index is 305. The zero-order valence-corrected chi connectivity index (χ0v) is 7.93. The minimum Gasteiger partial charge on any atom is -0.477 e. The average molecular weight is 197 g/mol. The molecule has 0 amide bonds. The van der Waals surface area contributed by atoms with Crippen LogP contribution in [0.3, 0.4) is 0 Å². The molecular formula is C9H11NO4. The third kappa shape index (κ3) is 2.27. The second kappa shape index (κ2) is 4.69. The predicted octanol–water partition coefficient (Wildman–Crippen LogP) is 1.07. The number of hydrogen-bond donors (Lipinski definition) is 1. The average Bonchev–Trinajstić information content (AvgIpc) is 2.20. The van der Waals surface area contributed by atoms with Crippen LogP contribution in [0, 0.1) is 0 Å². The van der Waals surface area contributed by atoms with E-state index < -0.39 is 12.3 Å². The number of methoxy groups -OCH3 is 2. The molecule has 0 saturated carbocycles. The zero-order chi connectivity index (χ0) is 10.6. The zero-order valence-electron chi connectivity index (χ0n) is 7.93. The maximum atomic E-state index is 10.5. The minimum absolute atomic E-state index is 0.000272. The van der Waals surface area contributed by atoms with Gasteiger partial charge in [0, 0.05) is 26.0 Å². The number of hydrogen-bond acceptors (Lipinski definition) is 4. The summed E-state index contributed by atoms with van der Waals surface area (Å²) in [6, 6.07) is 3.01. The van der Waals surface area contributed by atoms with Crippen LogP contribution in [-0.2, 0) is 9.47 Å². The molecule has 0 bridgehead atoms. The van der Waals surface area contributed by atoms with Gasteiger partial charge in [-0.1, -0.05) is 0 Å². The Morgan fingerprint density at radius 3 is 2.43 bits per heavy atom. The molecule has 1 N–H and O–H groups in total. The topological polar surface area (TPSA) is 68.7 Å². The summed E-state index contributed by atoms with van der Waals surface area (Å²) < 4.78 is 9.95. The highest BCUT2D eigenvalue weighted by Crippen LogP contribution is 2.15. The first-order valence-corrected chi connectivity index (χ1v) is 3.94. The van der Waals surface area contributed by atoms with Gasteiger partial charge in [0.2, 0.25) is 0 Å². The summed E-state index contributed by atoms with van der Waals surface area (Å²) in [7, 11) is 3.00. The van der Waals surface area contributed by atoms with Crippen LogP contribution in [-0.4, -0.2) is 30.3 Å². The predicted molar refractivity (Wildman–Crippen MR) is 48.0 cm³/mol. The van der Waals surface area contributed by atoms with Gasteiger partial charge in [-0.25, -0.2) is 9.78 Å². The molecule has 1 rings (SSSR count). The van der Waals surface area contributed by atoms with Crippen LogP contribution < -0.4 is 0 Å². The van der Waals surface area contributed by atoms with Crippen molar-refractivity contribution in [2.45, 2.75) is 6.29 Å². The molecule has 5 heteroatoms. The van der Waals surface area contributed by atoms with Crippen LogP contribution in [0.1, 0.15) is 22.3 Å². The van der Waals surface area contributed by atoms with Crippen molar-refractivity contribution < 1.29 is 19.4 Å². The van der Waals surface area contributed by atoms with Crippen molar-refractivity contribution in [3.8, 4) is 0 Å². The van der Waals surface area contributed by atoms with E-state index in [1.165, 1.54) is 26.5 Å². The standard InChI is InChI=1S/C9H11NO4/c1-13-9(14-2)6-3-4-7(8(11)12)10-5-6/h3-5,9H,1-2H3,(H,11,12). The monoisotopic (exact) mass is 197 g/mol. The molecule has 5 nitrogen and oxygen atoms in total. The van der Waals surface area contributed by atoms with Gasteiger partial charge in [0.15, 0.2) is 6.29 Å². The molecule has 0 radical (unpaired) electrons. The molecule has 0 aliphatic carbocycles. The lowest BCUT2D eigenvalue weighted by molar-refractivity contribution is -0.106. The first kappa shape index (κ1) is 10.6. The number of ether oxygens (including phenoxy) is 2. The van der Waals surface area contributed by atoms with Crippen molar-refractivity contribution >= 4 is 5.97 Å². The van der Waals surface area contributed by atoms with Crippen LogP contribution >= 0.6 is 0 Å². The first-order valence-electron chi connectivity index (χ1n) is 3.94. The van der Waals surface area contributed by atoms with Gasteiger partial charge in [-0.15, -0.1) is 0 Å². The van der Waals surface area contributed by atoms with E-state index in [1.807, 2.05) is 0 Å². The summed E-state index contributed by atoms with van der Waals surface area (Å²) in [5.74, 6) is -1.05. The number of aromatic carboxylic acids is 1. The van der Waals surface area contributed by atoms with E-state index in [9.17, 15) is 4.79 Å². The lowest BCUT2D eigenvalue weighted by atomic mass is 10.2. The Hall–Kier alpha value is -1.46. The highest BCUT2D eigenvalue weighted by Gasteiger charge is 2.10. The van der Waals surface area contributed by atoms with Gasteiger partial charge in [0.05, 0.1) is 0 Å². The summed E-state index contributed by atoms with van der Waals surface area (Å²) in [4.78, 5) is 14.2. The number of nitrogens with zero attached hydrogens (tertiary/aromatic N) is 1. The summed E-state index contributed by atoms with van der Waals surface area (Å²) in [6.07, 6.45) is 0.909. The van der Waals surface area contributed by atoms with Gasteiger partial charge in [-0.3, -0.25) is 0 Å². The fraction of sp³-hybridized carbons (Fsp3) is 0.333.